The van der Waals surface area contributed by atoms with E-state index in [-0.39, 0.29) is 4.90 Å². The van der Waals surface area contributed by atoms with Crippen molar-refractivity contribution in [1.82, 2.24) is 14.6 Å². The number of anilines is 1. The fourth-order valence-electron chi connectivity index (χ4n) is 1.58. The number of hydrogen-bond donors (Lipinski definition) is 3. The molecule has 0 saturated carbocycles. The molecule has 20 heavy (non-hydrogen) atoms. The van der Waals surface area contributed by atoms with Crippen molar-refractivity contribution in [3.8, 4) is 0 Å². The first kappa shape index (κ1) is 16.8. The van der Waals surface area contributed by atoms with Gasteiger partial charge in [0.05, 0.1) is 5.69 Å². The molecule has 0 saturated heterocycles. The van der Waals surface area contributed by atoms with E-state index in [0.717, 1.165) is 13.0 Å². The van der Waals surface area contributed by atoms with E-state index in [4.69, 9.17) is 5.84 Å². The lowest BCUT2D eigenvalue weighted by Crippen LogP contribution is -2.31. The molecule has 0 radical (unpaired) electrons. The lowest BCUT2D eigenvalue weighted by molar-refractivity contribution is 0.271. The molecular weight excluding hydrogens is 278 g/mol. The van der Waals surface area contributed by atoms with Gasteiger partial charge in [-0.15, -0.1) is 0 Å². The maximum Gasteiger partial charge on any atom is 0.244 e. The van der Waals surface area contributed by atoms with Gasteiger partial charge in [-0.3, -0.25) is 10.8 Å². The van der Waals surface area contributed by atoms with E-state index in [1.165, 1.54) is 18.5 Å². The number of nitrogens with one attached hydrogen (secondary N) is 2. The molecule has 0 aromatic carbocycles. The van der Waals surface area contributed by atoms with Crippen LogP contribution in [0.15, 0.2) is 23.4 Å². The highest BCUT2D eigenvalue weighted by Gasteiger charge is 2.17. The standard InChI is InChI=1S/C12H23N5O2S/c1-10(2)17(3)8-4-6-15-20(18,19)12-9-14-7-5-11(12)16-13/h5,7,9-10,15H,4,6,8,13H2,1-3H3,(H,14,16). The van der Waals surface area contributed by atoms with E-state index in [0.29, 0.717) is 18.3 Å². The highest BCUT2D eigenvalue weighted by molar-refractivity contribution is 7.89. The SMILES string of the molecule is CC(C)N(C)CCCNS(=O)(=O)c1cnccc1NN. The predicted octanol–water partition coefficient (Wildman–Crippen LogP) is 0.376. The number of hydrazine groups is 1. The van der Waals surface area contributed by atoms with Gasteiger partial charge in [-0.25, -0.2) is 13.1 Å². The first-order valence-corrected chi connectivity index (χ1v) is 7.97. The van der Waals surface area contributed by atoms with E-state index < -0.39 is 10.0 Å². The van der Waals surface area contributed by atoms with Gasteiger partial charge in [0.1, 0.15) is 4.90 Å². The van der Waals surface area contributed by atoms with E-state index in [9.17, 15) is 8.42 Å². The largest absolute Gasteiger partial charge is 0.323 e. The quantitative estimate of drug-likeness (QED) is 0.364. The molecule has 1 aromatic rings. The van der Waals surface area contributed by atoms with Gasteiger partial charge in [0.2, 0.25) is 10.0 Å². The van der Waals surface area contributed by atoms with E-state index in [2.05, 4.69) is 33.9 Å². The first-order valence-electron chi connectivity index (χ1n) is 6.49. The van der Waals surface area contributed by atoms with Crippen molar-refractivity contribution in [2.45, 2.75) is 31.2 Å². The van der Waals surface area contributed by atoms with Crippen molar-refractivity contribution in [2.75, 3.05) is 25.6 Å². The van der Waals surface area contributed by atoms with Crippen molar-refractivity contribution < 1.29 is 8.42 Å². The molecule has 0 spiro atoms. The van der Waals surface area contributed by atoms with Crippen molar-refractivity contribution in [1.29, 1.82) is 0 Å². The van der Waals surface area contributed by atoms with Gasteiger partial charge >= 0.3 is 0 Å². The minimum atomic E-state index is -3.59. The zero-order valence-corrected chi connectivity index (χ0v) is 12.9. The van der Waals surface area contributed by atoms with E-state index >= 15 is 0 Å². The Balaban J connectivity index is 2.58. The summed E-state index contributed by atoms with van der Waals surface area (Å²) in [6, 6.07) is 1.96. The predicted molar refractivity (Wildman–Crippen MR) is 79.6 cm³/mol. The molecule has 0 aliphatic carbocycles. The Bertz CT molecular complexity index is 518. The maximum absolute atomic E-state index is 12.1. The average Bonchev–Trinajstić information content (AvgIpc) is 2.43. The molecule has 0 aliphatic rings. The molecule has 0 fully saturated rings. The lowest BCUT2D eigenvalue weighted by atomic mass is 10.3. The summed E-state index contributed by atoms with van der Waals surface area (Å²) in [5.41, 5.74) is 2.68. The lowest BCUT2D eigenvalue weighted by Gasteiger charge is -2.20. The number of nitrogen functional groups attached to an aromatic ring is 1. The number of pyridine rings is 1. The Labute approximate surface area is 120 Å². The number of sulfonamides is 1. The van der Waals surface area contributed by atoms with Crippen molar-refractivity contribution >= 4 is 15.7 Å². The molecule has 114 valence electrons. The smallest absolute Gasteiger partial charge is 0.244 e. The topological polar surface area (TPSA) is 100 Å². The number of nitrogens with zero attached hydrogens (tertiary/aromatic N) is 2. The van der Waals surface area contributed by atoms with Crippen LogP contribution in [-0.4, -0.2) is 44.5 Å². The van der Waals surface area contributed by atoms with Gasteiger partial charge in [-0.1, -0.05) is 0 Å². The summed E-state index contributed by atoms with van der Waals surface area (Å²) in [6.07, 6.45) is 3.49. The van der Waals surface area contributed by atoms with Crippen molar-refractivity contribution in [3.05, 3.63) is 18.5 Å². The van der Waals surface area contributed by atoms with Crippen molar-refractivity contribution in [2.24, 2.45) is 5.84 Å². The van der Waals surface area contributed by atoms with Crippen LogP contribution in [0.3, 0.4) is 0 Å². The van der Waals surface area contributed by atoms with Crippen LogP contribution in [0.2, 0.25) is 0 Å². The minimum Gasteiger partial charge on any atom is -0.323 e. The molecule has 1 heterocycles. The van der Waals surface area contributed by atoms with Crippen LogP contribution in [0.1, 0.15) is 20.3 Å². The zero-order valence-electron chi connectivity index (χ0n) is 12.1. The molecule has 0 bridgehead atoms. The van der Waals surface area contributed by atoms with Gasteiger partial charge in [0.25, 0.3) is 0 Å². The molecular formula is C12H23N5O2S. The summed E-state index contributed by atoms with van der Waals surface area (Å²) in [5.74, 6) is 5.30. The summed E-state index contributed by atoms with van der Waals surface area (Å²) in [4.78, 5) is 6.03. The third kappa shape index (κ3) is 4.71. The second kappa shape index (κ2) is 7.53. The Hall–Kier alpha value is -1.22. The number of aromatic nitrogens is 1. The van der Waals surface area contributed by atoms with Crippen LogP contribution in [0, 0.1) is 0 Å². The monoisotopic (exact) mass is 301 g/mol. The molecule has 8 heteroatoms. The molecule has 0 amide bonds. The third-order valence-electron chi connectivity index (χ3n) is 3.09. The van der Waals surface area contributed by atoms with Crippen molar-refractivity contribution in [3.63, 3.8) is 0 Å². The average molecular weight is 301 g/mol. The normalized spacial score (nSPS) is 12.1. The van der Waals surface area contributed by atoms with Crippen LogP contribution in [0.5, 0.6) is 0 Å². The summed E-state index contributed by atoms with van der Waals surface area (Å²) in [7, 11) is -1.58. The number of nitrogens with two attached hydrogens (primary N) is 1. The fraction of sp³-hybridized carbons (Fsp3) is 0.583. The van der Waals surface area contributed by atoms with Crippen LogP contribution in [0.4, 0.5) is 5.69 Å². The van der Waals surface area contributed by atoms with E-state index in [1.807, 2.05) is 7.05 Å². The molecule has 1 rings (SSSR count). The fourth-order valence-corrected chi connectivity index (χ4v) is 2.77. The number of hydrogen-bond acceptors (Lipinski definition) is 6. The molecule has 0 aliphatic heterocycles. The molecule has 0 unspecified atom stereocenters. The van der Waals surface area contributed by atoms with Crippen LogP contribution < -0.4 is 16.0 Å². The van der Waals surface area contributed by atoms with Gasteiger partial charge < -0.3 is 10.3 Å². The molecule has 1 aromatic heterocycles. The summed E-state index contributed by atoms with van der Waals surface area (Å²) >= 11 is 0. The Morgan fingerprint density at radius 2 is 2.15 bits per heavy atom. The van der Waals surface area contributed by atoms with E-state index in [1.54, 1.807) is 0 Å². The highest BCUT2D eigenvalue weighted by Crippen LogP contribution is 2.17. The zero-order chi connectivity index (χ0) is 15.2. The van der Waals surface area contributed by atoms with Crippen LogP contribution >= 0.6 is 0 Å². The molecule has 0 atom stereocenters. The Kier molecular flexibility index (Phi) is 6.34. The van der Waals surface area contributed by atoms with Gasteiger partial charge in [0, 0.05) is 25.0 Å². The second-order valence-corrected chi connectivity index (χ2v) is 6.58. The molecule has 4 N–H and O–H groups in total. The summed E-state index contributed by atoms with van der Waals surface area (Å²) in [5, 5.41) is 0. The Morgan fingerprint density at radius 1 is 1.45 bits per heavy atom. The van der Waals surface area contributed by atoms with Crippen LogP contribution in [-0.2, 0) is 10.0 Å². The first-order chi connectivity index (χ1) is 9.38. The third-order valence-corrected chi connectivity index (χ3v) is 4.58. The highest BCUT2D eigenvalue weighted by atomic mass is 32.2. The summed E-state index contributed by atoms with van der Waals surface area (Å²) in [6.45, 7) is 5.39. The molecule has 7 nitrogen and oxygen atoms in total. The van der Waals surface area contributed by atoms with Gasteiger partial charge in [0.15, 0.2) is 0 Å². The number of rotatable bonds is 8. The van der Waals surface area contributed by atoms with Gasteiger partial charge in [-0.2, -0.15) is 0 Å². The van der Waals surface area contributed by atoms with Gasteiger partial charge in [-0.05, 0) is 39.9 Å². The Morgan fingerprint density at radius 3 is 2.75 bits per heavy atom. The van der Waals surface area contributed by atoms with Crippen LogP contribution in [0.25, 0.3) is 0 Å². The summed E-state index contributed by atoms with van der Waals surface area (Å²) < 4.78 is 26.8. The minimum absolute atomic E-state index is 0.0553. The second-order valence-electron chi connectivity index (χ2n) is 4.84. The maximum atomic E-state index is 12.1.